The Morgan fingerprint density at radius 1 is 0.826 bits per heavy atom. The fourth-order valence-electron chi connectivity index (χ4n) is 2.77. The summed E-state index contributed by atoms with van der Waals surface area (Å²) in [5, 5.41) is 0. The molecule has 0 fully saturated rings. The average molecular weight is 319 g/mol. The van der Waals surface area contributed by atoms with Crippen molar-refractivity contribution in [1.82, 2.24) is 0 Å². The van der Waals surface area contributed by atoms with Gasteiger partial charge in [-0.3, -0.25) is 0 Å². The predicted molar refractivity (Wildman–Crippen MR) is 96.4 cm³/mol. The molecule has 0 aliphatic heterocycles. The van der Waals surface area contributed by atoms with E-state index in [1.165, 1.54) is 69.8 Å². The molecule has 1 amide bonds. The number of ether oxygens (including phenoxy) is 1. The van der Waals surface area contributed by atoms with Crippen molar-refractivity contribution in [1.29, 1.82) is 0 Å². The van der Waals surface area contributed by atoms with Gasteiger partial charge < -0.3 is 10.5 Å². The van der Waals surface area contributed by atoms with Gasteiger partial charge in [-0.25, -0.2) is 4.79 Å². The third-order valence-corrected chi connectivity index (χ3v) is 4.22. The maximum atomic E-state index is 10.6. The number of amides is 1. The Kier molecular flexibility index (Phi) is 11.0. The van der Waals surface area contributed by atoms with E-state index < -0.39 is 6.09 Å². The Morgan fingerprint density at radius 3 is 1.83 bits per heavy atom. The van der Waals surface area contributed by atoms with Gasteiger partial charge in [-0.1, -0.05) is 89.0 Å². The number of carbonyl (C=O) groups is 1. The fraction of sp³-hybridized carbons (Fsp3) is 0.650. The first kappa shape index (κ1) is 19.5. The van der Waals surface area contributed by atoms with Gasteiger partial charge in [-0.2, -0.15) is 0 Å². The van der Waals surface area contributed by atoms with E-state index in [-0.39, 0.29) is 6.61 Å². The summed E-state index contributed by atoms with van der Waals surface area (Å²) in [7, 11) is 0. The summed E-state index contributed by atoms with van der Waals surface area (Å²) in [5.74, 6) is 0. The lowest BCUT2D eigenvalue weighted by atomic mass is 10.0. The van der Waals surface area contributed by atoms with Crippen LogP contribution in [0.2, 0.25) is 0 Å². The minimum absolute atomic E-state index is 0.258. The number of unbranched alkanes of at least 4 members (excludes halogenated alkanes) is 9. The van der Waals surface area contributed by atoms with Gasteiger partial charge >= 0.3 is 6.09 Å². The summed E-state index contributed by atoms with van der Waals surface area (Å²) in [6.07, 6.45) is 14.1. The number of primary amides is 1. The molecule has 0 spiro atoms. The van der Waals surface area contributed by atoms with Gasteiger partial charge in [0.15, 0.2) is 0 Å². The summed E-state index contributed by atoms with van der Waals surface area (Å²) < 4.78 is 4.77. The van der Waals surface area contributed by atoms with Crippen LogP contribution in [0.5, 0.6) is 0 Å². The van der Waals surface area contributed by atoms with Crippen molar-refractivity contribution in [3.63, 3.8) is 0 Å². The van der Waals surface area contributed by atoms with Crippen molar-refractivity contribution < 1.29 is 9.53 Å². The summed E-state index contributed by atoms with van der Waals surface area (Å²) >= 11 is 0. The van der Waals surface area contributed by atoms with E-state index >= 15 is 0 Å². The zero-order valence-corrected chi connectivity index (χ0v) is 14.7. The van der Waals surface area contributed by atoms with Gasteiger partial charge in [0.25, 0.3) is 0 Å². The highest BCUT2D eigenvalue weighted by Gasteiger charge is 1.99. The van der Waals surface area contributed by atoms with Crippen LogP contribution < -0.4 is 5.73 Å². The van der Waals surface area contributed by atoms with Crippen LogP contribution in [0.1, 0.15) is 82.3 Å². The largest absolute Gasteiger partial charge is 0.445 e. The minimum Gasteiger partial charge on any atom is -0.445 e. The van der Waals surface area contributed by atoms with Crippen LogP contribution in [0.25, 0.3) is 0 Å². The van der Waals surface area contributed by atoms with Crippen molar-refractivity contribution in [2.45, 2.75) is 84.2 Å². The number of nitrogens with two attached hydrogens (primary N) is 1. The lowest BCUT2D eigenvalue weighted by Gasteiger charge is -2.05. The van der Waals surface area contributed by atoms with Gasteiger partial charge in [0.2, 0.25) is 0 Å². The van der Waals surface area contributed by atoms with Crippen molar-refractivity contribution in [3.8, 4) is 0 Å². The van der Waals surface area contributed by atoms with Crippen molar-refractivity contribution in [3.05, 3.63) is 35.4 Å². The highest BCUT2D eigenvalue weighted by Crippen LogP contribution is 2.13. The molecule has 23 heavy (non-hydrogen) atoms. The van der Waals surface area contributed by atoms with Crippen molar-refractivity contribution in [2.75, 3.05) is 0 Å². The number of rotatable bonds is 13. The first-order valence-electron chi connectivity index (χ1n) is 9.22. The van der Waals surface area contributed by atoms with Crippen LogP contribution in [-0.4, -0.2) is 6.09 Å². The van der Waals surface area contributed by atoms with Crippen LogP contribution in [-0.2, 0) is 17.8 Å². The molecule has 0 saturated heterocycles. The number of aryl methyl sites for hydroxylation is 1. The van der Waals surface area contributed by atoms with Crippen LogP contribution in [0.4, 0.5) is 4.79 Å². The number of benzene rings is 1. The third-order valence-electron chi connectivity index (χ3n) is 4.22. The number of hydrogen-bond donors (Lipinski definition) is 1. The molecule has 0 bridgehead atoms. The van der Waals surface area contributed by atoms with E-state index in [1.54, 1.807) is 0 Å². The molecule has 3 nitrogen and oxygen atoms in total. The van der Waals surface area contributed by atoms with Crippen LogP contribution >= 0.6 is 0 Å². The molecule has 0 radical (unpaired) electrons. The standard InChI is InChI=1S/C20H33NO2/c1-2-3-4-5-6-7-8-9-10-11-12-18-13-15-19(16-14-18)17-23-20(21)22/h13-16H,2-12,17H2,1H3,(H2,21,22). The molecule has 1 aromatic carbocycles. The molecule has 0 heterocycles. The van der Waals surface area contributed by atoms with E-state index in [9.17, 15) is 4.79 Å². The van der Waals surface area contributed by atoms with Crippen LogP contribution in [0.3, 0.4) is 0 Å². The second-order valence-corrected chi connectivity index (χ2v) is 6.36. The smallest absolute Gasteiger partial charge is 0.404 e. The molecule has 0 aliphatic rings. The normalized spacial score (nSPS) is 10.7. The lowest BCUT2D eigenvalue weighted by Crippen LogP contribution is -2.12. The Balaban J connectivity index is 2.00. The van der Waals surface area contributed by atoms with Gasteiger partial charge in [0, 0.05) is 0 Å². The Hall–Kier alpha value is -1.51. The van der Waals surface area contributed by atoms with Crippen LogP contribution in [0, 0.1) is 0 Å². The Bertz CT molecular complexity index is 414. The number of carbonyl (C=O) groups excluding carboxylic acids is 1. The second-order valence-electron chi connectivity index (χ2n) is 6.36. The molecule has 0 saturated carbocycles. The van der Waals surface area contributed by atoms with Crippen molar-refractivity contribution in [2.24, 2.45) is 5.73 Å². The highest BCUT2D eigenvalue weighted by molar-refractivity contribution is 5.64. The lowest BCUT2D eigenvalue weighted by molar-refractivity contribution is 0.150. The van der Waals surface area contributed by atoms with E-state index in [0.29, 0.717) is 0 Å². The molecule has 0 aliphatic carbocycles. The molecule has 1 aromatic rings. The van der Waals surface area contributed by atoms with Gasteiger partial charge in [-0.05, 0) is 24.0 Å². The second kappa shape index (κ2) is 13.0. The van der Waals surface area contributed by atoms with E-state index in [2.05, 4.69) is 19.1 Å². The minimum atomic E-state index is -0.723. The van der Waals surface area contributed by atoms with E-state index in [1.807, 2.05) is 12.1 Å². The average Bonchev–Trinajstić information content (AvgIpc) is 2.55. The zero-order valence-electron chi connectivity index (χ0n) is 14.7. The topological polar surface area (TPSA) is 52.3 Å². The molecule has 0 atom stereocenters. The zero-order chi connectivity index (χ0) is 16.8. The summed E-state index contributed by atoms with van der Waals surface area (Å²) in [6, 6.07) is 8.25. The SMILES string of the molecule is CCCCCCCCCCCCc1ccc(COC(N)=O)cc1. The molecule has 0 unspecified atom stereocenters. The summed E-state index contributed by atoms with van der Waals surface area (Å²) in [4.78, 5) is 10.6. The van der Waals surface area contributed by atoms with E-state index in [4.69, 9.17) is 10.5 Å². The molecule has 2 N–H and O–H groups in total. The molecular weight excluding hydrogens is 286 g/mol. The van der Waals surface area contributed by atoms with Gasteiger partial charge in [-0.15, -0.1) is 0 Å². The molecule has 0 aromatic heterocycles. The highest BCUT2D eigenvalue weighted by atomic mass is 16.5. The first-order valence-corrected chi connectivity index (χ1v) is 9.22. The van der Waals surface area contributed by atoms with Gasteiger partial charge in [0.05, 0.1) is 0 Å². The first-order chi connectivity index (χ1) is 11.2. The molecule has 1 rings (SSSR count). The predicted octanol–water partition coefficient (Wildman–Crippen LogP) is 5.75. The van der Waals surface area contributed by atoms with E-state index in [0.717, 1.165) is 12.0 Å². The molecule has 130 valence electrons. The van der Waals surface area contributed by atoms with Crippen LogP contribution in [0.15, 0.2) is 24.3 Å². The Labute approximate surface area is 141 Å². The van der Waals surface area contributed by atoms with Gasteiger partial charge in [0.1, 0.15) is 6.61 Å². The third kappa shape index (κ3) is 10.8. The molecular formula is C20H33NO2. The summed E-state index contributed by atoms with van der Waals surface area (Å²) in [5.41, 5.74) is 7.29. The summed E-state index contributed by atoms with van der Waals surface area (Å²) in [6.45, 7) is 2.52. The monoisotopic (exact) mass is 319 g/mol. The maximum absolute atomic E-state index is 10.6. The molecule has 3 heteroatoms. The Morgan fingerprint density at radius 2 is 1.30 bits per heavy atom. The quantitative estimate of drug-likeness (QED) is 0.471. The number of hydrogen-bond acceptors (Lipinski definition) is 2. The van der Waals surface area contributed by atoms with Crippen molar-refractivity contribution >= 4 is 6.09 Å². The fourth-order valence-corrected chi connectivity index (χ4v) is 2.77. The maximum Gasteiger partial charge on any atom is 0.404 e.